The van der Waals surface area contributed by atoms with Crippen molar-refractivity contribution in [3.63, 3.8) is 0 Å². The molecule has 0 bridgehead atoms. The van der Waals surface area contributed by atoms with E-state index in [9.17, 15) is 13.0 Å². The molecule has 0 spiro atoms. The fraction of sp³-hybridized carbons (Fsp3) is 0.0769. The second kappa shape index (κ2) is 5.96. The first kappa shape index (κ1) is 16.0. The standard InChI is InChI=1S/C13H12O3S.K/c1-9(2)11-8-7-10-5-3-4-6-12(10)13(11)17(14,15)16;/h3-8H,1H2,2H3,(H,14,15,16);/q;+1/p-1. The molecule has 5 heteroatoms. The van der Waals surface area contributed by atoms with Gasteiger partial charge in [-0.3, -0.25) is 0 Å². The summed E-state index contributed by atoms with van der Waals surface area (Å²) in [5.74, 6) is 0. The van der Waals surface area contributed by atoms with Crippen LogP contribution in [0.3, 0.4) is 0 Å². The minimum atomic E-state index is -4.52. The first-order valence-electron chi connectivity index (χ1n) is 5.05. The van der Waals surface area contributed by atoms with Crippen molar-refractivity contribution >= 4 is 26.5 Å². The Bertz CT molecular complexity index is 705. The molecule has 88 valence electrons. The predicted octanol–water partition coefficient (Wildman–Crippen LogP) is -0.219. The number of fused-ring (bicyclic) bond motifs is 1. The molecule has 0 aliphatic carbocycles. The fourth-order valence-electron chi connectivity index (χ4n) is 1.85. The Kier molecular flexibility index (Phi) is 5.31. The van der Waals surface area contributed by atoms with Gasteiger partial charge >= 0.3 is 51.4 Å². The summed E-state index contributed by atoms with van der Waals surface area (Å²) in [4.78, 5) is -0.178. The van der Waals surface area contributed by atoms with Crippen LogP contribution in [-0.4, -0.2) is 13.0 Å². The topological polar surface area (TPSA) is 57.2 Å². The number of benzene rings is 2. The normalized spacial score (nSPS) is 11.0. The van der Waals surface area contributed by atoms with Crippen LogP contribution < -0.4 is 51.4 Å². The molecule has 18 heavy (non-hydrogen) atoms. The maximum atomic E-state index is 11.4. The summed E-state index contributed by atoms with van der Waals surface area (Å²) in [6.07, 6.45) is 0. The van der Waals surface area contributed by atoms with Crippen LogP contribution in [-0.2, 0) is 10.1 Å². The van der Waals surface area contributed by atoms with Crippen LogP contribution in [0.1, 0.15) is 12.5 Å². The molecule has 0 saturated carbocycles. The molecule has 0 radical (unpaired) electrons. The number of hydrogen-bond acceptors (Lipinski definition) is 3. The predicted molar refractivity (Wildman–Crippen MR) is 66.6 cm³/mol. The van der Waals surface area contributed by atoms with E-state index < -0.39 is 10.1 Å². The molecule has 0 unspecified atom stereocenters. The van der Waals surface area contributed by atoms with Gasteiger partial charge in [-0.15, -0.1) is 0 Å². The van der Waals surface area contributed by atoms with E-state index in [0.717, 1.165) is 5.39 Å². The Balaban J connectivity index is 0.00000162. The molecule has 0 heterocycles. The van der Waals surface area contributed by atoms with Gasteiger partial charge in [-0.05, 0) is 28.8 Å². The van der Waals surface area contributed by atoms with Gasteiger partial charge in [0.1, 0.15) is 10.1 Å². The molecule has 2 rings (SSSR count). The summed E-state index contributed by atoms with van der Waals surface area (Å²) < 4.78 is 34.1. The third-order valence-electron chi connectivity index (χ3n) is 2.59. The van der Waals surface area contributed by atoms with E-state index in [1.54, 1.807) is 43.3 Å². The Labute approximate surface area is 149 Å². The average Bonchev–Trinajstić information content (AvgIpc) is 2.26. The minimum absolute atomic E-state index is 0. The van der Waals surface area contributed by atoms with Crippen molar-refractivity contribution in [1.29, 1.82) is 0 Å². The van der Waals surface area contributed by atoms with E-state index in [2.05, 4.69) is 6.58 Å². The summed E-state index contributed by atoms with van der Waals surface area (Å²) in [6.45, 7) is 5.38. The zero-order valence-electron chi connectivity index (χ0n) is 10.3. The SMILES string of the molecule is C=C(C)c1ccc2ccccc2c1S(=O)(=O)[O-].[K+]. The second-order valence-corrected chi connectivity index (χ2v) is 5.21. The van der Waals surface area contributed by atoms with Gasteiger partial charge in [-0.1, -0.05) is 43.0 Å². The molecule has 0 saturated heterocycles. The Morgan fingerprint density at radius 1 is 1.17 bits per heavy atom. The second-order valence-electron chi connectivity index (χ2n) is 3.90. The van der Waals surface area contributed by atoms with Crippen molar-refractivity contribution in [3.8, 4) is 0 Å². The molecule has 2 aromatic rings. The smallest absolute Gasteiger partial charge is 0.744 e. The zero-order chi connectivity index (χ0) is 12.6. The van der Waals surface area contributed by atoms with Crippen LogP contribution in [0.5, 0.6) is 0 Å². The Hall–Kier alpha value is -0.0136. The van der Waals surface area contributed by atoms with Crippen molar-refractivity contribution in [3.05, 3.63) is 48.5 Å². The summed E-state index contributed by atoms with van der Waals surface area (Å²) in [5.41, 5.74) is 0.948. The molecule has 2 aromatic carbocycles. The monoisotopic (exact) mass is 286 g/mol. The molecule has 0 aromatic heterocycles. The van der Waals surface area contributed by atoms with E-state index in [4.69, 9.17) is 0 Å². The van der Waals surface area contributed by atoms with Crippen molar-refractivity contribution in [2.24, 2.45) is 0 Å². The van der Waals surface area contributed by atoms with Crippen LogP contribution in [0, 0.1) is 0 Å². The number of allylic oxidation sites excluding steroid dienone is 1. The molecule has 0 aliphatic heterocycles. The first-order chi connectivity index (χ1) is 7.91. The van der Waals surface area contributed by atoms with Crippen molar-refractivity contribution < 1.29 is 64.4 Å². The fourth-order valence-corrected chi connectivity index (χ4v) is 2.82. The minimum Gasteiger partial charge on any atom is -0.744 e. The van der Waals surface area contributed by atoms with Crippen molar-refractivity contribution in [2.75, 3.05) is 0 Å². The summed E-state index contributed by atoms with van der Waals surface area (Å²) in [7, 11) is -4.52. The van der Waals surface area contributed by atoms with Gasteiger partial charge in [0.2, 0.25) is 0 Å². The Morgan fingerprint density at radius 3 is 2.33 bits per heavy atom. The largest absolute Gasteiger partial charge is 1.00 e. The molecule has 0 fully saturated rings. The molecule has 0 aliphatic rings. The molecule has 0 N–H and O–H groups in total. The molecular formula is C13H11KO3S. The molecule has 0 atom stereocenters. The van der Waals surface area contributed by atoms with Gasteiger partial charge < -0.3 is 4.55 Å². The van der Waals surface area contributed by atoms with Gasteiger partial charge in [0.25, 0.3) is 0 Å². The van der Waals surface area contributed by atoms with E-state index in [1.807, 2.05) is 0 Å². The zero-order valence-corrected chi connectivity index (χ0v) is 14.2. The maximum absolute atomic E-state index is 11.4. The first-order valence-corrected chi connectivity index (χ1v) is 6.45. The van der Waals surface area contributed by atoms with Crippen molar-refractivity contribution in [2.45, 2.75) is 11.8 Å². The van der Waals surface area contributed by atoms with Crippen molar-refractivity contribution in [1.82, 2.24) is 0 Å². The van der Waals surface area contributed by atoms with Gasteiger partial charge in [-0.25, -0.2) is 8.42 Å². The van der Waals surface area contributed by atoms with Crippen LogP contribution in [0.2, 0.25) is 0 Å². The van der Waals surface area contributed by atoms with E-state index in [-0.39, 0.29) is 56.3 Å². The quantitative estimate of drug-likeness (QED) is 0.566. The van der Waals surface area contributed by atoms with Gasteiger partial charge in [-0.2, -0.15) is 0 Å². The third kappa shape index (κ3) is 3.11. The van der Waals surface area contributed by atoms with E-state index >= 15 is 0 Å². The molecule has 0 amide bonds. The number of hydrogen-bond donors (Lipinski definition) is 0. The molecule has 3 nitrogen and oxygen atoms in total. The maximum Gasteiger partial charge on any atom is 1.00 e. The summed E-state index contributed by atoms with van der Waals surface area (Å²) >= 11 is 0. The third-order valence-corrected chi connectivity index (χ3v) is 3.53. The van der Waals surface area contributed by atoms with Gasteiger partial charge in [0.05, 0.1) is 4.90 Å². The van der Waals surface area contributed by atoms with Gasteiger partial charge in [0, 0.05) is 0 Å². The molecular weight excluding hydrogens is 275 g/mol. The summed E-state index contributed by atoms with van der Waals surface area (Å²) in [6, 6.07) is 10.3. The Morgan fingerprint density at radius 2 is 1.78 bits per heavy atom. The van der Waals surface area contributed by atoms with Crippen LogP contribution in [0.15, 0.2) is 47.9 Å². The van der Waals surface area contributed by atoms with Gasteiger partial charge in [0.15, 0.2) is 0 Å². The van der Waals surface area contributed by atoms with Crippen LogP contribution >= 0.6 is 0 Å². The average molecular weight is 286 g/mol. The van der Waals surface area contributed by atoms with Crippen LogP contribution in [0.25, 0.3) is 16.3 Å². The summed E-state index contributed by atoms with van der Waals surface area (Å²) in [5, 5.41) is 1.18. The number of rotatable bonds is 2. The van der Waals surface area contributed by atoms with E-state index in [0.29, 0.717) is 16.5 Å². The van der Waals surface area contributed by atoms with E-state index in [1.165, 1.54) is 0 Å². The van der Waals surface area contributed by atoms with Crippen LogP contribution in [0.4, 0.5) is 0 Å².